The van der Waals surface area contributed by atoms with Gasteiger partial charge >= 0.3 is 0 Å². The zero-order valence-electron chi connectivity index (χ0n) is 12.2. The highest BCUT2D eigenvalue weighted by atomic mass is 16.3. The highest BCUT2D eigenvalue weighted by Gasteiger charge is 2.19. The van der Waals surface area contributed by atoms with E-state index in [1.54, 1.807) is 13.8 Å². The molecule has 4 nitrogen and oxygen atoms in total. The first-order valence-electron chi connectivity index (χ1n) is 6.62. The smallest absolute Gasteiger partial charge is 0.238 e. The highest BCUT2D eigenvalue weighted by Crippen LogP contribution is 2.13. The number of carbonyl (C=O) groups is 1. The minimum atomic E-state index is -0.793. The van der Waals surface area contributed by atoms with Crippen LogP contribution in [0.3, 0.4) is 0 Å². The maximum absolute atomic E-state index is 12.0. The molecule has 0 aliphatic carbocycles. The number of aryl methyl sites for hydroxylation is 1. The van der Waals surface area contributed by atoms with E-state index >= 15 is 0 Å². The molecule has 0 spiro atoms. The van der Waals surface area contributed by atoms with E-state index in [4.69, 9.17) is 0 Å². The van der Waals surface area contributed by atoms with Gasteiger partial charge in [-0.25, -0.2) is 0 Å². The predicted octanol–water partition coefficient (Wildman–Crippen LogP) is 2.03. The molecule has 0 aromatic heterocycles. The number of carbonyl (C=O) groups excluding carboxylic acids is 1. The molecule has 1 amide bonds. The average Bonchev–Trinajstić information content (AvgIpc) is 2.29. The van der Waals surface area contributed by atoms with Gasteiger partial charge in [-0.15, -0.1) is 0 Å². The topological polar surface area (TPSA) is 52.6 Å². The van der Waals surface area contributed by atoms with Gasteiger partial charge < -0.3 is 10.4 Å². The van der Waals surface area contributed by atoms with Crippen LogP contribution in [0.1, 0.15) is 26.3 Å². The number of anilines is 1. The quantitative estimate of drug-likeness (QED) is 0.826. The van der Waals surface area contributed by atoms with Gasteiger partial charge in [-0.2, -0.15) is 0 Å². The van der Waals surface area contributed by atoms with Crippen LogP contribution >= 0.6 is 0 Å². The summed E-state index contributed by atoms with van der Waals surface area (Å²) in [4.78, 5) is 13.9. The van der Waals surface area contributed by atoms with E-state index < -0.39 is 5.60 Å². The number of para-hydroxylation sites is 1. The van der Waals surface area contributed by atoms with Crippen molar-refractivity contribution in [2.75, 3.05) is 25.0 Å². The number of nitrogens with one attached hydrogen (secondary N) is 1. The molecule has 0 aliphatic heterocycles. The van der Waals surface area contributed by atoms with Crippen LogP contribution < -0.4 is 5.32 Å². The SMILES string of the molecule is CCN(CC(=O)Nc1ccccc1C)CC(C)(C)O. The summed E-state index contributed by atoms with van der Waals surface area (Å²) in [6.07, 6.45) is 0. The van der Waals surface area contributed by atoms with Crippen molar-refractivity contribution in [3.05, 3.63) is 29.8 Å². The first-order chi connectivity index (χ1) is 8.81. The molecule has 1 rings (SSSR count). The fourth-order valence-corrected chi connectivity index (χ4v) is 1.93. The minimum absolute atomic E-state index is 0.0552. The van der Waals surface area contributed by atoms with E-state index in [-0.39, 0.29) is 12.5 Å². The van der Waals surface area contributed by atoms with Gasteiger partial charge in [-0.1, -0.05) is 25.1 Å². The standard InChI is InChI=1S/C15H24N2O2/c1-5-17(11-15(3,4)19)10-14(18)16-13-9-7-6-8-12(13)2/h6-9,19H,5,10-11H2,1-4H3,(H,16,18). The van der Waals surface area contributed by atoms with Crippen molar-refractivity contribution in [2.24, 2.45) is 0 Å². The van der Waals surface area contributed by atoms with Crippen molar-refractivity contribution < 1.29 is 9.90 Å². The van der Waals surface area contributed by atoms with Crippen LogP contribution in [-0.4, -0.2) is 41.1 Å². The molecule has 19 heavy (non-hydrogen) atoms. The van der Waals surface area contributed by atoms with Gasteiger partial charge in [0.1, 0.15) is 0 Å². The molecule has 1 aromatic carbocycles. The summed E-state index contributed by atoms with van der Waals surface area (Å²) < 4.78 is 0. The zero-order chi connectivity index (χ0) is 14.5. The number of likely N-dealkylation sites (N-methyl/N-ethyl adjacent to an activating group) is 1. The van der Waals surface area contributed by atoms with Crippen molar-refractivity contribution in [2.45, 2.75) is 33.3 Å². The van der Waals surface area contributed by atoms with Crippen LogP contribution in [0.25, 0.3) is 0 Å². The molecular weight excluding hydrogens is 240 g/mol. The number of nitrogens with zero attached hydrogens (tertiary/aromatic N) is 1. The lowest BCUT2D eigenvalue weighted by Gasteiger charge is -2.27. The van der Waals surface area contributed by atoms with Crippen LogP contribution in [0.15, 0.2) is 24.3 Å². The minimum Gasteiger partial charge on any atom is -0.389 e. The lowest BCUT2D eigenvalue weighted by molar-refractivity contribution is -0.117. The van der Waals surface area contributed by atoms with Crippen molar-refractivity contribution in [3.63, 3.8) is 0 Å². The van der Waals surface area contributed by atoms with E-state index in [1.807, 2.05) is 43.0 Å². The summed E-state index contributed by atoms with van der Waals surface area (Å²) in [5, 5.41) is 12.7. The van der Waals surface area contributed by atoms with Crippen molar-refractivity contribution in [3.8, 4) is 0 Å². The van der Waals surface area contributed by atoms with Gasteiger partial charge in [0.05, 0.1) is 12.1 Å². The van der Waals surface area contributed by atoms with Gasteiger partial charge in [0.15, 0.2) is 0 Å². The third-order valence-corrected chi connectivity index (χ3v) is 2.84. The lowest BCUT2D eigenvalue weighted by Crippen LogP contribution is -2.42. The number of amides is 1. The number of aliphatic hydroxyl groups is 1. The summed E-state index contributed by atoms with van der Waals surface area (Å²) in [5.74, 6) is -0.0552. The number of hydrogen-bond acceptors (Lipinski definition) is 3. The third kappa shape index (κ3) is 5.85. The maximum atomic E-state index is 12.0. The summed E-state index contributed by atoms with van der Waals surface area (Å²) in [7, 11) is 0. The second kappa shape index (κ2) is 6.68. The third-order valence-electron chi connectivity index (χ3n) is 2.84. The normalized spacial score (nSPS) is 11.7. The van der Waals surface area contributed by atoms with E-state index in [1.165, 1.54) is 0 Å². The molecular formula is C15H24N2O2. The van der Waals surface area contributed by atoms with E-state index in [0.717, 1.165) is 17.8 Å². The monoisotopic (exact) mass is 264 g/mol. The molecule has 4 heteroatoms. The Labute approximate surface area is 115 Å². The van der Waals surface area contributed by atoms with Crippen LogP contribution in [0.5, 0.6) is 0 Å². The van der Waals surface area contributed by atoms with Crippen molar-refractivity contribution in [1.29, 1.82) is 0 Å². The number of rotatable bonds is 6. The largest absolute Gasteiger partial charge is 0.389 e. The Morgan fingerprint density at radius 3 is 2.53 bits per heavy atom. The molecule has 0 unspecified atom stereocenters. The molecule has 0 aliphatic rings. The molecule has 0 saturated heterocycles. The van der Waals surface area contributed by atoms with E-state index in [2.05, 4.69) is 5.32 Å². The Morgan fingerprint density at radius 1 is 1.37 bits per heavy atom. The predicted molar refractivity (Wildman–Crippen MR) is 78.2 cm³/mol. The second-order valence-corrected chi connectivity index (χ2v) is 5.48. The van der Waals surface area contributed by atoms with Gasteiger partial charge in [-0.3, -0.25) is 9.69 Å². The van der Waals surface area contributed by atoms with Crippen LogP contribution in [0, 0.1) is 6.92 Å². The molecule has 0 fully saturated rings. The van der Waals surface area contributed by atoms with Crippen LogP contribution in [0.2, 0.25) is 0 Å². The molecule has 0 atom stereocenters. The van der Waals surface area contributed by atoms with Crippen molar-refractivity contribution in [1.82, 2.24) is 4.90 Å². The fraction of sp³-hybridized carbons (Fsp3) is 0.533. The molecule has 1 aromatic rings. The van der Waals surface area contributed by atoms with Gasteiger partial charge in [0.2, 0.25) is 5.91 Å². The molecule has 0 heterocycles. The summed E-state index contributed by atoms with van der Waals surface area (Å²) in [6, 6.07) is 7.69. The number of benzene rings is 1. The van der Waals surface area contributed by atoms with E-state index in [9.17, 15) is 9.90 Å². The molecule has 0 saturated carbocycles. The zero-order valence-corrected chi connectivity index (χ0v) is 12.2. The van der Waals surface area contributed by atoms with Gasteiger partial charge in [0, 0.05) is 12.2 Å². The van der Waals surface area contributed by atoms with Crippen molar-refractivity contribution >= 4 is 11.6 Å². The fourth-order valence-electron chi connectivity index (χ4n) is 1.93. The average molecular weight is 264 g/mol. The Bertz CT molecular complexity index is 424. The van der Waals surface area contributed by atoms with E-state index in [0.29, 0.717) is 6.54 Å². The second-order valence-electron chi connectivity index (χ2n) is 5.48. The molecule has 0 radical (unpaired) electrons. The van der Waals surface area contributed by atoms with Gasteiger partial charge in [-0.05, 0) is 38.9 Å². The summed E-state index contributed by atoms with van der Waals surface area (Å²) >= 11 is 0. The molecule has 2 N–H and O–H groups in total. The van der Waals surface area contributed by atoms with Crippen LogP contribution in [0.4, 0.5) is 5.69 Å². The maximum Gasteiger partial charge on any atom is 0.238 e. The first-order valence-corrected chi connectivity index (χ1v) is 6.62. The number of hydrogen-bond donors (Lipinski definition) is 2. The summed E-state index contributed by atoms with van der Waals surface area (Å²) in [5.41, 5.74) is 1.09. The molecule has 106 valence electrons. The van der Waals surface area contributed by atoms with Gasteiger partial charge in [0.25, 0.3) is 0 Å². The Kier molecular flexibility index (Phi) is 5.51. The Morgan fingerprint density at radius 2 is 2.00 bits per heavy atom. The molecule has 0 bridgehead atoms. The van der Waals surface area contributed by atoms with Crippen LogP contribution in [-0.2, 0) is 4.79 Å². The Balaban J connectivity index is 2.57. The summed E-state index contributed by atoms with van der Waals surface area (Å²) in [6.45, 7) is 8.92. The first kappa shape index (κ1) is 15.7. The highest BCUT2D eigenvalue weighted by molar-refractivity contribution is 5.92. The Hall–Kier alpha value is -1.39. The lowest BCUT2D eigenvalue weighted by atomic mass is 10.1.